The number of fused-ring (bicyclic) bond motifs is 1. The Balaban J connectivity index is 1.61. The zero-order chi connectivity index (χ0) is 29.0. The quantitative estimate of drug-likeness (QED) is 0.462. The van der Waals surface area contributed by atoms with Crippen molar-refractivity contribution >= 4 is 21.6 Å². The number of anilines is 1. The van der Waals surface area contributed by atoms with E-state index in [1.165, 1.54) is 32.1 Å². The van der Waals surface area contributed by atoms with Gasteiger partial charge in [0.1, 0.15) is 17.5 Å². The van der Waals surface area contributed by atoms with Gasteiger partial charge in [-0.2, -0.15) is 0 Å². The third kappa shape index (κ3) is 7.16. The van der Waals surface area contributed by atoms with Crippen LogP contribution in [0.25, 0.3) is 0 Å². The lowest BCUT2D eigenvalue weighted by Gasteiger charge is -2.35. The monoisotopic (exact) mass is 576 g/mol. The number of amides is 1. The number of aromatic nitrogens is 1. The van der Waals surface area contributed by atoms with Crippen molar-refractivity contribution in [2.24, 2.45) is 11.8 Å². The third-order valence-electron chi connectivity index (χ3n) is 8.19. The van der Waals surface area contributed by atoms with Crippen molar-refractivity contribution in [3.05, 3.63) is 35.2 Å². The van der Waals surface area contributed by atoms with Gasteiger partial charge in [-0.25, -0.2) is 8.42 Å². The van der Waals surface area contributed by atoms with Gasteiger partial charge in [-0.15, -0.1) is 0 Å². The summed E-state index contributed by atoms with van der Waals surface area (Å²) in [6, 6.07) is 4.69. The van der Waals surface area contributed by atoms with Crippen LogP contribution < -0.4 is 9.46 Å². The van der Waals surface area contributed by atoms with Gasteiger partial charge in [-0.3, -0.25) is 9.52 Å². The van der Waals surface area contributed by atoms with E-state index in [9.17, 15) is 18.3 Å². The maximum atomic E-state index is 13.5. The zero-order valence-electron chi connectivity index (χ0n) is 24.4. The van der Waals surface area contributed by atoms with Gasteiger partial charge in [0.15, 0.2) is 10.7 Å². The molecule has 0 radical (unpaired) electrons. The lowest BCUT2D eigenvalue weighted by molar-refractivity contribution is -0.134. The van der Waals surface area contributed by atoms with Gasteiger partial charge < -0.3 is 24.2 Å². The normalized spacial score (nSPS) is 21.8. The highest BCUT2D eigenvalue weighted by molar-refractivity contribution is 7.92. The van der Waals surface area contributed by atoms with Gasteiger partial charge in [-0.1, -0.05) is 31.3 Å². The minimum atomic E-state index is -3.95. The number of hydrogen-bond acceptors (Lipinski definition) is 8. The molecule has 3 atom stereocenters. The van der Waals surface area contributed by atoms with Crippen LogP contribution in [0.3, 0.4) is 0 Å². The highest BCUT2D eigenvalue weighted by atomic mass is 32.2. The number of nitrogens with zero attached hydrogens (tertiary/aromatic N) is 3. The number of ether oxygens (including phenoxy) is 1. The largest absolute Gasteiger partial charge is 0.488 e. The topological polar surface area (TPSA) is 125 Å². The minimum absolute atomic E-state index is 0.00112. The Hall–Kier alpha value is -2.63. The fourth-order valence-corrected chi connectivity index (χ4v) is 7.35. The first-order valence-electron chi connectivity index (χ1n) is 14.3. The van der Waals surface area contributed by atoms with Gasteiger partial charge in [0.2, 0.25) is 5.91 Å². The summed E-state index contributed by atoms with van der Waals surface area (Å²) in [6.07, 6.45) is 6.26. The lowest BCUT2D eigenvalue weighted by Crippen LogP contribution is -2.48. The van der Waals surface area contributed by atoms with Crippen LogP contribution in [0.5, 0.6) is 5.75 Å². The van der Waals surface area contributed by atoms with Gasteiger partial charge in [-0.05, 0) is 64.8 Å². The van der Waals surface area contributed by atoms with Gasteiger partial charge in [0.05, 0.1) is 19.1 Å². The van der Waals surface area contributed by atoms with E-state index in [1.807, 2.05) is 6.92 Å². The van der Waals surface area contributed by atoms with Crippen molar-refractivity contribution < 1.29 is 27.6 Å². The zero-order valence-corrected chi connectivity index (χ0v) is 25.2. The number of likely N-dealkylation sites (N-methyl/N-ethyl adjacent to an activating group) is 1. The summed E-state index contributed by atoms with van der Waals surface area (Å²) in [6.45, 7) is 9.07. The maximum absolute atomic E-state index is 13.5. The number of carbonyl (C=O) groups excluding carboxylic acids is 1. The second-order valence-electron chi connectivity index (χ2n) is 11.7. The first-order valence-corrected chi connectivity index (χ1v) is 15.8. The van der Waals surface area contributed by atoms with Crippen LogP contribution in [0, 0.1) is 25.7 Å². The third-order valence-corrected chi connectivity index (χ3v) is 9.82. The molecule has 1 fully saturated rings. The van der Waals surface area contributed by atoms with Gasteiger partial charge in [0, 0.05) is 36.8 Å². The van der Waals surface area contributed by atoms with Crippen LogP contribution in [0.1, 0.15) is 63.0 Å². The molecule has 1 aromatic heterocycles. The predicted octanol–water partition coefficient (Wildman–Crippen LogP) is 3.75. The van der Waals surface area contributed by atoms with E-state index in [-0.39, 0.29) is 53.3 Å². The van der Waals surface area contributed by atoms with E-state index < -0.39 is 10.0 Å². The molecule has 2 N–H and O–H groups in total. The first kappa shape index (κ1) is 30.3. The average molecular weight is 577 g/mol. The fraction of sp³-hybridized carbons (Fsp3) is 0.655. The van der Waals surface area contributed by atoms with Crippen molar-refractivity contribution in [1.29, 1.82) is 0 Å². The number of carbonyl (C=O) groups is 1. The minimum Gasteiger partial charge on any atom is -0.488 e. The molecule has 0 saturated heterocycles. The molecule has 10 nitrogen and oxygen atoms in total. The molecule has 1 aromatic carbocycles. The number of sulfonamides is 1. The van der Waals surface area contributed by atoms with Crippen molar-refractivity contribution in [2.45, 2.75) is 83.3 Å². The molecule has 1 aliphatic carbocycles. The molecule has 2 aromatic rings. The van der Waals surface area contributed by atoms with E-state index in [0.717, 1.165) is 6.54 Å². The predicted molar refractivity (Wildman–Crippen MR) is 153 cm³/mol. The summed E-state index contributed by atoms with van der Waals surface area (Å²) in [5.41, 5.74) is 1.18. The Morgan fingerprint density at radius 3 is 2.58 bits per heavy atom. The number of aliphatic hydroxyl groups is 1. The van der Waals surface area contributed by atoms with E-state index >= 15 is 0 Å². The number of aryl methyl sites for hydroxylation is 2. The first-order chi connectivity index (χ1) is 19.0. The molecule has 40 heavy (non-hydrogen) atoms. The standard InChI is InChI=1S/C29H44N4O6S/c1-19-15-33(20(2)18-34)28(35)14-24-13-25(31-40(36,37)29-21(3)30-39-22(29)4)11-12-26(24)38-27(19)17-32(5)16-23-9-7-6-8-10-23/h11-13,19-20,23,27,31,34H,6-10,14-18H2,1-5H3/t19-,20-,27+/m1/s1. The Morgan fingerprint density at radius 2 is 1.93 bits per heavy atom. The number of rotatable bonds is 9. The Bertz CT molecular complexity index is 1250. The molecular formula is C29H44N4O6S. The van der Waals surface area contributed by atoms with Crippen LogP contribution in [0.4, 0.5) is 5.69 Å². The summed E-state index contributed by atoms with van der Waals surface area (Å²) in [4.78, 5) is 17.5. The highest BCUT2D eigenvalue weighted by Gasteiger charge is 2.32. The van der Waals surface area contributed by atoms with Crippen LogP contribution in [-0.4, -0.2) is 79.8 Å². The summed E-state index contributed by atoms with van der Waals surface area (Å²) in [7, 11) is -1.83. The molecule has 0 unspecified atom stereocenters. The lowest BCUT2D eigenvalue weighted by atomic mass is 9.89. The van der Waals surface area contributed by atoms with E-state index in [0.29, 0.717) is 36.0 Å². The molecule has 1 aliphatic heterocycles. The number of nitrogens with one attached hydrogen (secondary N) is 1. The Morgan fingerprint density at radius 1 is 1.20 bits per heavy atom. The summed E-state index contributed by atoms with van der Waals surface area (Å²) in [5, 5.41) is 13.7. The molecule has 4 rings (SSSR count). The molecule has 0 spiro atoms. The molecule has 1 amide bonds. The van der Waals surface area contributed by atoms with Crippen molar-refractivity contribution in [3.63, 3.8) is 0 Å². The van der Waals surface area contributed by atoms with Crippen molar-refractivity contribution in [2.75, 3.05) is 38.0 Å². The van der Waals surface area contributed by atoms with E-state index in [4.69, 9.17) is 9.26 Å². The number of benzene rings is 1. The van der Waals surface area contributed by atoms with Crippen molar-refractivity contribution in [3.8, 4) is 5.75 Å². The van der Waals surface area contributed by atoms with Crippen LogP contribution in [0.2, 0.25) is 0 Å². The molecule has 2 aliphatic rings. The van der Waals surface area contributed by atoms with Gasteiger partial charge in [0.25, 0.3) is 10.0 Å². The van der Waals surface area contributed by atoms with E-state index in [1.54, 1.807) is 36.9 Å². The van der Waals surface area contributed by atoms with Crippen LogP contribution in [0.15, 0.2) is 27.6 Å². The molecular weight excluding hydrogens is 532 g/mol. The van der Waals surface area contributed by atoms with Crippen molar-refractivity contribution in [1.82, 2.24) is 15.0 Å². The van der Waals surface area contributed by atoms with Crippen LogP contribution >= 0.6 is 0 Å². The Labute approximate surface area is 238 Å². The molecule has 2 heterocycles. The van der Waals surface area contributed by atoms with Crippen LogP contribution in [-0.2, 0) is 21.2 Å². The molecule has 0 bridgehead atoms. The van der Waals surface area contributed by atoms with E-state index in [2.05, 4.69) is 28.8 Å². The Kier molecular flexibility index (Phi) is 9.79. The summed E-state index contributed by atoms with van der Waals surface area (Å²) in [5.74, 6) is 1.33. The molecule has 222 valence electrons. The smallest absolute Gasteiger partial charge is 0.267 e. The highest BCUT2D eigenvalue weighted by Crippen LogP contribution is 2.31. The van der Waals surface area contributed by atoms with Gasteiger partial charge >= 0.3 is 0 Å². The SMILES string of the molecule is Cc1noc(C)c1S(=O)(=O)Nc1ccc2c(c1)CC(=O)N([C@H](C)CO)C[C@@H](C)[C@H](CN(C)CC1CCCCC1)O2. The second-order valence-corrected chi connectivity index (χ2v) is 13.3. The molecule has 1 saturated carbocycles. The molecule has 11 heteroatoms. The maximum Gasteiger partial charge on any atom is 0.267 e. The summed E-state index contributed by atoms with van der Waals surface area (Å²) < 4.78 is 40.5. The summed E-state index contributed by atoms with van der Waals surface area (Å²) >= 11 is 0. The fourth-order valence-electron chi connectivity index (χ4n) is 5.97. The average Bonchev–Trinajstić information content (AvgIpc) is 3.27. The second kappa shape index (κ2) is 12.9. The number of hydrogen-bond donors (Lipinski definition) is 2. The number of aliphatic hydroxyl groups excluding tert-OH is 1.